The van der Waals surface area contributed by atoms with Crippen molar-refractivity contribution < 1.29 is 8.63 Å². The van der Waals surface area contributed by atoms with Crippen molar-refractivity contribution in [2.75, 3.05) is 12.8 Å². The third-order valence-electron chi connectivity index (χ3n) is 4.39. The highest BCUT2D eigenvalue weighted by Crippen LogP contribution is 2.27. The van der Waals surface area contributed by atoms with Gasteiger partial charge in [-0.15, -0.1) is 0 Å². The Morgan fingerprint density at radius 2 is 2.05 bits per heavy atom. The van der Waals surface area contributed by atoms with Crippen molar-refractivity contribution in [3.8, 4) is 0 Å². The van der Waals surface area contributed by atoms with Gasteiger partial charge in [0.1, 0.15) is 11.3 Å². The largest absolute Gasteiger partial charge is 0.459 e. The highest BCUT2D eigenvalue weighted by atomic mass is 32.2. The molecule has 1 aliphatic carbocycles. The molecule has 2 aromatic rings. The van der Waals surface area contributed by atoms with Crippen molar-refractivity contribution >= 4 is 21.8 Å². The molecule has 2 atom stereocenters. The maximum atomic E-state index is 12.6. The highest BCUT2D eigenvalue weighted by molar-refractivity contribution is 7.85. The van der Waals surface area contributed by atoms with Gasteiger partial charge < -0.3 is 9.73 Å². The lowest BCUT2D eigenvalue weighted by Gasteiger charge is -2.23. The summed E-state index contributed by atoms with van der Waals surface area (Å²) in [5.74, 6) is 1.53. The maximum absolute atomic E-state index is 12.6. The second-order valence-corrected chi connectivity index (χ2v) is 7.60. The van der Waals surface area contributed by atoms with E-state index in [1.807, 2.05) is 31.3 Å². The van der Waals surface area contributed by atoms with Gasteiger partial charge in [-0.25, -0.2) is 0 Å². The standard InChI is InChI=1S/C17H23NO2S/c1-18-15(12-21(19)14-8-3-2-4-9-14)17-11-13-7-5-6-10-16(13)20-17/h5-7,10-11,14-15,18H,2-4,8-9,12H2,1H3. The minimum Gasteiger partial charge on any atom is -0.459 e. The van der Waals surface area contributed by atoms with Crippen molar-refractivity contribution in [3.63, 3.8) is 0 Å². The molecule has 0 radical (unpaired) electrons. The van der Waals surface area contributed by atoms with E-state index >= 15 is 0 Å². The molecule has 21 heavy (non-hydrogen) atoms. The van der Waals surface area contributed by atoms with E-state index in [-0.39, 0.29) is 6.04 Å². The van der Waals surface area contributed by atoms with Gasteiger partial charge in [0.15, 0.2) is 0 Å². The molecule has 4 heteroatoms. The van der Waals surface area contributed by atoms with Crippen molar-refractivity contribution in [2.45, 2.75) is 43.4 Å². The molecular formula is C17H23NO2S. The van der Waals surface area contributed by atoms with E-state index < -0.39 is 10.8 Å². The van der Waals surface area contributed by atoms with Crippen LogP contribution in [0.4, 0.5) is 0 Å². The van der Waals surface area contributed by atoms with Crippen LogP contribution in [-0.4, -0.2) is 22.3 Å². The Morgan fingerprint density at radius 1 is 1.29 bits per heavy atom. The predicted octanol–water partition coefficient (Wildman–Crippen LogP) is 3.77. The molecule has 1 fully saturated rings. The summed E-state index contributed by atoms with van der Waals surface area (Å²) in [4.78, 5) is 0. The van der Waals surface area contributed by atoms with Crippen LogP contribution in [0.1, 0.15) is 43.9 Å². The van der Waals surface area contributed by atoms with Gasteiger partial charge in [-0.1, -0.05) is 37.5 Å². The molecule has 1 aliphatic rings. The summed E-state index contributed by atoms with van der Waals surface area (Å²) in [6.45, 7) is 0. The smallest absolute Gasteiger partial charge is 0.134 e. The monoisotopic (exact) mass is 305 g/mol. The molecule has 3 rings (SSSR count). The lowest BCUT2D eigenvalue weighted by Crippen LogP contribution is -2.28. The van der Waals surface area contributed by atoms with E-state index in [0.717, 1.165) is 29.6 Å². The molecule has 0 spiro atoms. The van der Waals surface area contributed by atoms with Crippen LogP contribution in [0.5, 0.6) is 0 Å². The number of hydrogen-bond donors (Lipinski definition) is 1. The minimum absolute atomic E-state index is 0.0279. The van der Waals surface area contributed by atoms with Crippen molar-refractivity contribution in [2.24, 2.45) is 0 Å². The Labute approximate surface area is 128 Å². The molecule has 0 amide bonds. The SMILES string of the molecule is CNC(CS(=O)C1CCCCC1)c1cc2ccccc2o1. The van der Waals surface area contributed by atoms with Crippen LogP contribution in [0.25, 0.3) is 11.0 Å². The second-order valence-electron chi connectivity index (χ2n) is 5.84. The normalized spacial score (nSPS) is 19.7. The summed E-state index contributed by atoms with van der Waals surface area (Å²) in [5, 5.41) is 4.74. The number of hydrogen-bond acceptors (Lipinski definition) is 3. The minimum atomic E-state index is -0.781. The Hall–Kier alpha value is -1.13. The summed E-state index contributed by atoms with van der Waals surface area (Å²) in [6.07, 6.45) is 5.98. The van der Waals surface area contributed by atoms with Crippen LogP contribution in [-0.2, 0) is 10.8 Å². The maximum Gasteiger partial charge on any atom is 0.134 e. The Kier molecular flexibility index (Phi) is 4.76. The third kappa shape index (κ3) is 3.38. The van der Waals surface area contributed by atoms with Crippen molar-refractivity contribution in [3.05, 3.63) is 36.1 Å². The number of para-hydroxylation sites is 1. The topological polar surface area (TPSA) is 42.2 Å². The zero-order chi connectivity index (χ0) is 14.7. The zero-order valence-corrected chi connectivity index (χ0v) is 13.3. The molecule has 1 N–H and O–H groups in total. The van der Waals surface area contributed by atoms with Gasteiger partial charge in [-0.05, 0) is 32.0 Å². The fraction of sp³-hybridized carbons (Fsp3) is 0.529. The van der Waals surface area contributed by atoms with Gasteiger partial charge in [0.2, 0.25) is 0 Å². The van der Waals surface area contributed by atoms with Gasteiger partial charge >= 0.3 is 0 Å². The third-order valence-corrected chi connectivity index (χ3v) is 6.27. The molecular weight excluding hydrogens is 282 g/mol. The van der Waals surface area contributed by atoms with E-state index in [1.165, 1.54) is 19.3 Å². The predicted molar refractivity (Wildman–Crippen MR) is 87.9 cm³/mol. The fourth-order valence-electron chi connectivity index (χ4n) is 3.11. The Morgan fingerprint density at radius 3 is 2.76 bits per heavy atom. The Balaban J connectivity index is 1.73. The average Bonchev–Trinajstić information content (AvgIpc) is 2.97. The number of fused-ring (bicyclic) bond motifs is 1. The van der Waals surface area contributed by atoms with Gasteiger partial charge in [0.05, 0.1) is 6.04 Å². The first kappa shape index (κ1) is 14.8. The summed E-state index contributed by atoms with van der Waals surface area (Å²) in [7, 11) is 1.13. The van der Waals surface area contributed by atoms with E-state index in [0.29, 0.717) is 11.0 Å². The molecule has 1 aromatic heterocycles. The van der Waals surface area contributed by atoms with Gasteiger partial charge in [0.25, 0.3) is 0 Å². The van der Waals surface area contributed by atoms with Crippen LogP contribution in [0, 0.1) is 0 Å². The molecule has 0 bridgehead atoms. The first-order valence-electron chi connectivity index (χ1n) is 7.81. The van der Waals surface area contributed by atoms with Crippen LogP contribution in [0.15, 0.2) is 34.7 Å². The highest BCUT2D eigenvalue weighted by Gasteiger charge is 2.24. The number of furan rings is 1. The van der Waals surface area contributed by atoms with E-state index in [2.05, 4.69) is 11.4 Å². The van der Waals surface area contributed by atoms with E-state index in [1.54, 1.807) is 0 Å². The van der Waals surface area contributed by atoms with Crippen LogP contribution >= 0.6 is 0 Å². The van der Waals surface area contributed by atoms with E-state index in [9.17, 15) is 4.21 Å². The first-order valence-corrected chi connectivity index (χ1v) is 9.19. The molecule has 0 aliphatic heterocycles. The Bertz CT molecular complexity index is 583. The van der Waals surface area contributed by atoms with E-state index in [4.69, 9.17) is 4.42 Å². The van der Waals surface area contributed by atoms with Crippen LogP contribution in [0.3, 0.4) is 0 Å². The van der Waals surface area contributed by atoms with Crippen molar-refractivity contribution in [1.29, 1.82) is 0 Å². The summed E-state index contributed by atoms with van der Waals surface area (Å²) < 4.78 is 18.5. The number of rotatable bonds is 5. The summed E-state index contributed by atoms with van der Waals surface area (Å²) in [6, 6.07) is 10.1. The summed E-state index contributed by atoms with van der Waals surface area (Å²) in [5.41, 5.74) is 0.899. The first-order chi connectivity index (χ1) is 10.3. The van der Waals surface area contributed by atoms with Crippen molar-refractivity contribution in [1.82, 2.24) is 5.32 Å². The lowest BCUT2D eigenvalue weighted by atomic mass is 10.0. The molecule has 1 aromatic carbocycles. The molecule has 2 unspecified atom stereocenters. The molecule has 1 saturated carbocycles. The quantitative estimate of drug-likeness (QED) is 0.914. The molecule has 3 nitrogen and oxygen atoms in total. The summed E-state index contributed by atoms with van der Waals surface area (Å²) >= 11 is 0. The molecule has 114 valence electrons. The second kappa shape index (κ2) is 6.75. The lowest BCUT2D eigenvalue weighted by molar-refractivity contribution is 0.470. The average molecular weight is 305 g/mol. The molecule has 0 saturated heterocycles. The van der Waals surface area contributed by atoms with Crippen LogP contribution < -0.4 is 5.32 Å². The van der Waals surface area contributed by atoms with Crippen LogP contribution in [0.2, 0.25) is 0 Å². The fourth-order valence-corrected chi connectivity index (χ4v) is 4.90. The zero-order valence-electron chi connectivity index (χ0n) is 12.5. The van der Waals surface area contributed by atoms with Gasteiger partial charge in [-0.3, -0.25) is 4.21 Å². The number of benzene rings is 1. The number of nitrogens with one attached hydrogen (secondary N) is 1. The van der Waals surface area contributed by atoms with Gasteiger partial charge in [-0.2, -0.15) is 0 Å². The van der Waals surface area contributed by atoms with Gasteiger partial charge in [0, 0.05) is 27.2 Å². The molecule has 1 heterocycles.